The number of ether oxygens (including phenoxy) is 1. The zero-order valence-corrected chi connectivity index (χ0v) is 15.5. The minimum absolute atomic E-state index is 0.0347. The molecule has 26 heavy (non-hydrogen) atoms. The van der Waals surface area contributed by atoms with Gasteiger partial charge in [0.1, 0.15) is 5.82 Å². The number of aryl methyl sites for hydroxylation is 1. The molecule has 2 aromatic rings. The van der Waals surface area contributed by atoms with Crippen molar-refractivity contribution in [3.8, 4) is 11.4 Å². The molecule has 4 heterocycles. The number of nitrogens with one attached hydrogen (secondary N) is 1. The van der Waals surface area contributed by atoms with E-state index >= 15 is 0 Å². The normalized spacial score (nSPS) is 23.5. The molecule has 4 rings (SSSR count). The fourth-order valence-corrected chi connectivity index (χ4v) is 3.79. The third-order valence-corrected chi connectivity index (χ3v) is 5.20. The van der Waals surface area contributed by atoms with Gasteiger partial charge in [0.15, 0.2) is 6.23 Å². The van der Waals surface area contributed by atoms with E-state index in [1.165, 1.54) is 0 Å². The van der Waals surface area contributed by atoms with Crippen LogP contribution < -0.4 is 16.0 Å². The summed E-state index contributed by atoms with van der Waals surface area (Å²) in [5.41, 5.74) is 8.73. The highest BCUT2D eigenvalue weighted by Crippen LogP contribution is 2.30. The summed E-state index contributed by atoms with van der Waals surface area (Å²) in [6.07, 6.45) is 4.30. The van der Waals surface area contributed by atoms with Crippen LogP contribution >= 0.6 is 0 Å². The lowest BCUT2D eigenvalue weighted by atomic mass is 10.2. The van der Waals surface area contributed by atoms with Crippen LogP contribution in [0.15, 0.2) is 12.1 Å². The SMILES string of the molecule is CN[C@@H]1CCN(c2cc(-c3cc(C)nn3C3CCCCO3)nc(N)n2)C1. The lowest BCUT2D eigenvalue weighted by Gasteiger charge is -2.24. The molecule has 3 N–H and O–H groups in total. The molecule has 0 bridgehead atoms. The van der Waals surface area contributed by atoms with Crippen LogP contribution in [-0.2, 0) is 4.74 Å². The molecular weight excluding hydrogens is 330 g/mol. The fourth-order valence-electron chi connectivity index (χ4n) is 3.79. The maximum absolute atomic E-state index is 6.04. The third kappa shape index (κ3) is 3.39. The van der Waals surface area contributed by atoms with Gasteiger partial charge in [-0.25, -0.2) is 9.67 Å². The highest BCUT2D eigenvalue weighted by molar-refractivity contribution is 5.62. The van der Waals surface area contributed by atoms with Gasteiger partial charge < -0.3 is 20.7 Å². The molecule has 0 saturated carbocycles. The molecule has 2 fully saturated rings. The van der Waals surface area contributed by atoms with Gasteiger partial charge >= 0.3 is 0 Å². The Morgan fingerprint density at radius 1 is 1.23 bits per heavy atom. The summed E-state index contributed by atoms with van der Waals surface area (Å²) in [6.45, 7) is 4.66. The standard InChI is InChI=1S/C18H27N7O/c1-12-9-15(25(23-12)17-5-3-4-8-26-17)14-10-16(22-18(19)21-14)24-7-6-13(11-24)20-2/h9-10,13,17,20H,3-8,11H2,1-2H3,(H2,19,21,22)/t13-,17?/m1/s1. The second-order valence-electron chi connectivity index (χ2n) is 7.13. The van der Waals surface area contributed by atoms with Crippen LogP contribution in [0.1, 0.15) is 37.6 Å². The third-order valence-electron chi connectivity index (χ3n) is 5.20. The van der Waals surface area contributed by atoms with Crippen LogP contribution in [0.3, 0.4) is 0 Å². The van der Waals surface area contributed by atoms with Crippen LogP contribution in [0.4, 0.5) is 11.8 Å². The van der Waals surface area contributed by atoms with Crippen molar-refractivity contribution in [1.29, 1.82) is 0 Å². The number of aromatic nitrogens is 4. The van der Waals surface area contributed by atoms with Crippen molar-refractivity contribution in [2.24, 2.45) is 0 Å². The van der Waals surface area contributed by atoms with E-state index < -0.39 is 0 Å². The maximum atomic E-state index is 6.04. The second kappa shape index (κ2) is 7.20. The first-order valence-corrected chi connectivity index (χ1v) is 9.39. The molecule has 0 spiro atoms. The smallest absolute Gasteiger partial charge is 0.222 e. The van der Waals surface area contributed by atoms with E-state index in [0.717, 1.165) is 68.3 Å². The minimum atomic E-state index is -0.0347. The van der Waals surface area contributed by atoms with Gasteiger partial charge in [-0.15, -0.1) is 0 Å². The highest BCUT2D eigenvalue weighted by Gasteiger charge is 2.25. The molecule has 8 nitrogen and oxygen atoms in total. The lowest BCUT2D eigenvalue weighted by molar-refractivity contribution is -0.0385. The predicted octanol–water partition coefficient (Wildman–Crippen LogP) is 1.73. The summed E-state index contributed by atoms with van der Waals surface area (Å²) < 4.78 is 7.89. The molecule has 1 unspecified atom stereocenters. The Labute approximate surface area is 153 Å². The van der Waals surface area contributed by atoms with E-state index in [9.17, 15) is 0 Å². The first kappa shape index (κ1) is 17.2. The van der Waals surface area contributed by atoms with Crippen molar-refractivity contribution < 1.29 is 4.74 Å². The van der Waals surface area contributed by atoms with Crippen LogP contribution in [0.25, 0.3) is 11.4 Å². The molecule has 8 heteroatoms. The van der Waals surface area contributed by atoms with Crippen molar-refractivity contribution in [3.05, 3.63) is 17.8 Å². The van der Waals surface area contributed by atoms with Gasteiger partial charge in [-0.1, -0.05) is 0 Å². The summed E-state index contributed by atoms with van der Waals surface area (Å²) in [7, 11) is 2.00. The summed E-state index contributed by atoms with van der Waals surface area (Å²) in [6, 6.07) is 4.55. The van der Waals surface area contributed by atoms with E-state index in [2.05, 4.69) is 25.3 Å². The number of rotatable bonds is 4. The summed E-state index contributed by atoms with van der Waals surface area (Å²) >= 11 is 0. The fraction of sp³-hybridized carbons (Fsp3) is 0.611. The molecule has 0 amide bonds. The Balaban J connectivity index is 1.68. The van der Waals surface area contributed by atoms with E-state index in [1.54, 1.807) is 0 Å². The van der Waals surface area contributed by atoms with Crippen LogP contribution in [0.5, 0.6) is 0 Å². The molecule has 2 atom stereocenters. The number of anilines is 2. The minimum Gasteiger partial charge on any atom is -0.368 e. The van der Waals surface area contributed by atoms with Gasteiger partial charge in [-0.2, -0.15) is 10.1 Å². The van der Waals surface area contributed by atoms with Gasteiger partial charge in [0.05, 0.1) is 17.1 Å². The number of likely N-dealkylation sites (N-methyl/N-ethyl adjacent to an activating group) is 1. The van der Waals surface area contributed by atoms with E-state index in [-0.39, 0.29) is 6.23 Å². The Kier molecular flexibility index (Phi) is 4.78. The molecule has 140 valence electrons. The molecule has 2 aliphatic rings. The average molecular weight is 357 g/mol. The van der Waals surface area contributed by atoms with Gasteiger partial charge in [0.2, 0.25) is 5.95 Å². The van der Waals surface area contributed by atoms with Crippen LogP contribution in [-0.4, -0.2) is 52.5 Å². The number of hydrogen-bond acceptors (Lipinski definition) is 7. The Bertz CT molecular complexity index is 769. The lowest BCUT2D eigenvalue weighted by Crippen LogP contribution is -2.30. The van der Waals surface area contributed by atoms with E-state index in [4.69, 9.17) is 10.5 Å². The Hall–Kier alpha value is -2.19. The van der Waals surface area contributed by atoms with Crippen molar-refractivity contribution >= 4 is 11.8 Å². The maximum Gasteiger partial charge on any atom is 0.222 e. The molecule has 0 aliphatic carbocycles. The van der Waals surface area contributed by atoms with Crippen molar-refractivity contribution in [2.75, 3.05) is 37.4 Å². The number of nitrogens with zero attached hydrogens (tertiary/aromatic N) is 5. The largest absolute Gasteiger partial charge is 0.368 e. The molecule has 0 aromatic carbocycles. The molecule has 2 aliphatic heterocycles. The van der Waals surface area contributed by atoms with Crippen molar-refractivity contribution in [1.82, 2.24) is 25.1 Å². The van der Waals surface area contributed by atoms with E-state index in [1.807, 2.05) is 30.8 Å². The van der Waals surface area contributed by atoms with Crippen LogP contribution in [0, 0.1) is 6.92 Å². The average Bonchev–Trinajstić information content (AvgIpc) is 3.28. The topological polar surface area (TPSA) is 94.1 Å². The molecular formula is C18H27N7O. The first-order chi connectivity index (χ1) is 12.6. The summed E-state index contributed by atoms with van der Waals surface area (Å²) in [5.74, 6) is 1.17. The Morgan fingerprint density at radius 3 is 2.85 bits per heavy atom. The predicted molar refractivity (Wildman–Crippen MR) is 101 cm³/mol. The van der Waals surface area contributed by atoms with Gasteiger partial charge in [0, 0.05) is 31.8 Å². The van der Waals surface area contributed by atoms with Crippen molar-refractivity contribution in [3.63, 3.8) is 0 Å². The monoisotopic (exact) mass is 357 g/mol. The van der Waals surface area contributed by atoms with Gasteiger partial charge in [0.25, 0.3) is 0 Å². The van der Waals surface area contributed by atoms with Gasteiger partial charge in [-0.05, 0) is 45.7 Å². The molecule has 0 radical (unpaired) electrons. The Morgan fingerprint density at radius 2 is 2.12 bits per heavy atom. The molecule has 2 aromatic heterocycles. The zero-order valence-electron chi connectivity index (χ0n) is 15.5. The number of hydrogen-bond donors (Lipinski definition) is 2. The van der Waals surface area contributed by atoms with Crippen molar-refractivity contribution in [2.45, 2.75) is 44.9 Å². The highest BCUT2D eigenvalue weighted by atomic mass is 16.5. The number of nitrogen functional groups attached to an aromatic ring is 1. The number of nitrogens with two attached hydrogens (primary N) is 1. The van der Waals surface area contributed by atoms with Crippen LogP contribution in [0.2, 0.25) is 0 Å². The second-order valence-corrected chi connectivity index (χ2v) is 7.13. The summed E-state index contributed by atoms with van der Waals surface area (Å²) in [5, 5.41) is 7.99. The van der Waals surface area contributed by atoms with E-state index in [0.29, 0.717) is 12.0 Å². The van der Waals surface area contributed by atoms with Gasteiger partial charge in [-0.3, -0.25) is 0 Å². The quantitative estimate of drug-likeness (QED) is 0.860. The molecule has 2 saturated heterocycles. The summed E-state index contributed by atoms with van der Waals surface area (Å²) in [4.78, 5) is 11.2. The first-order valence-electron chi connectivity index (χ1n) is 9.39. The zero-order chi connectivity index (χ0) is 18.1.